The molecule has 1 saturated heterocycles. The maximum atomic E-state index is 11.2. The monoisotopic (exact) mass is 238 g/mol. The van der Waals surface area contributed by atoms with Gasteiger partial charge in [0.2, 0.25) is 0 Å². The standard InChI is InChI=1S/C12H18N2OS/c1-8-4-9(2)6-14(5-8)12-13-11(7-16-12)10(3)15/h7-9H,4-6H2,1-3H3. The van der Waals surface area contributed by atoms with Crippen LogP contribution >= 0.6 is 11.3 Å². The van der Waals surface area contributed by atoms with Crippen molar-refractivity contribution in [2.45, 2.75) is 27.2 Å². The van der Waals surface area contributed by atoms with Gasteiger partial charge >= 0.3 is 0 Å². The number of hydrogen-bond donors (Lipinski definition) is 0. The molecule has 1 aromatic heterocycles. The first-order chi connectivity index (χ1) is 7.56. The van der Waals surface area contributed by atoms with Crippen molar-refractivity contribution in [2.24, 2.45) is 11.8 Å². The van der Waals surface area contributed by atoms with Crippen molar-refractivity contribution >= 4 is 22.3 Å². The van der Waals surface area contributed by atoms with E-state index >= 15 is 0 Å². The van der Waals surface area contributed by atoms with E-state index in [9.17, 15) is 4.79 Å². The van der Waals surface area contributed by atoms with Crippen molar-refractivity contribution in [3.05, 3.63) is 11.1 Å². The van der Waals surface area contributed by atoms with Crippen LogP contribution in [0, 0.1) is 11.8 Å². The Morgan fingerprint density at radius 1 is 1.44 bits per heavy atom. The third-order valence-corrected chi connectivity index (χ3v) is 3.89. The van der Waals surface area contributed by atoms with Gasteiger partial charge in [-0.25, -0.2) is 4.98 Å². The summed E-state index contributed by atoms with van der Waals surface area (Å²) in [6.45, 7) is 8.26. The van der Waals surface area contributed by atoms with Gasteiger partial charge in [-0.05, 0) is 18.3 Å². The number of carbonyl (C=O) groups excluding carboxylic acids is 1. The van der Waals surface area contributed by atoms with Crippen LogP contribution in [0.3, 0.4) is 0 Å². The smallest absolute Gasteiger partial charge is 0.185 e. The molecule has 4 heteroatoms. The lowest BCUT2D eigenvalue weighted by Crippen LogP contribution is -2.38. The number of rotatable bonds is 2. The molecule has 0 spiro atoms. The molecule has 1 aromatic rings. The van der Waals surface area contributed by atoms with Crippen LogP contribution in [-0.2, 0) is 0 Å². The van der Waals surface area contributed by atoms with E-state index in [0.29, 0.717) is 17.5 Å². The van der Waals surface area contributed by atoms with Crippen molar-refractivity contribution in [3.63, 3.8) is 0 Å². The van der Waals surface area contributed by atoms with Crippen molar-refractivity contribution in [1.82, 2.24) is 4.98 Å². The molecule has 1 fully saturated rings. The van der Waals surface area contributed by atoms with Crippen LogP contribution in [-0.4, -0.2) is 23.9 Å². The molecule has 2 atom stereocenters. The molecule has 1 aliphatic heterocycles. The predicted molar refractivity (Wildman–Crippen MR) is 67.3 cm³/mol. The zero-order chi connectivity index (χ0) is 11.7. The van der Waals surface area contributed by atoms with E-state index in [1.807, 2.05) is 5.38 Å². The highest BCUT2D eigenvalue weighted by Crippen LogP contribution is 2.28. The molecule has 0 N–H and O–H groups in total. The molecule has 1 aliphatic rings. The zero-order valence-electron chi connectivity index (χ0n) is 10.1. The van der Waals surface area contributed by atoms with Gasteiger partial charge in [-0.15, -0.1) is 11.3 Å². The average molecular weight is 238 g/mol. The molecule has 0 radical (unpaired) electrons. The minimum Gasteiger partial charge on any atom is -0.348 e. The Bertz CT molecular complexity index is 378. The molecule has 0 aromatic carbocycles. The van der Waals surface area contributed by atoms with Crippen LogP contribution < -0.4 is 4.90 Å². The summed E-state index contributed by atoms with van der Waals surface area (Å²) in [6.07, 6.45) is 1.29. The van der Waals surface area contributed by atoms with Crippen molar-refractivity contribution in [1.29, 1.82) is 0 Å². The number of aromatic nitrogens is 1. The molecule has 2 rings (SSSR count). The molecule has 0 bridgehead atoms. The fourth-order valence-corrected chi connectivity index (χ4v) is 3.28. The van der Waals surface area contributed by atoms with Crippen LogP contribution in [0.2, 0.25) is 0 Å². The Balaban J connectivity index is 2.13. The normalized spacial score (nSPS) is 25.8. The number of nitrogens with zero attached hydrogens (tertiary/aromatic N) is 2. The fraction of sp³-hybridized carbons (Fsp3) is 0.667. The number of hydrogen-bond acceptors (Lipinski definition) is 4. The number of carbonyl (C=O) groups is 1. The average Bonchev–Trinajstić information content (AvgIpc) is 2.64. The maximum Gasteiger partial charge on any atom is 0.185 e. The van der Waals surface area contributed by atoms with Gasteiger partial charge in [0.05, 0.1) is 0 Å². The summed E-state index contributed by atoms with van der Waals surface area (Å²) in [5.41, 5.74) is 0.603. The topological polar surface area (TPSA) is 33.2 Å². The van der Waals surface area contributed by atoms with Crippen LogP contribution in [0.5, 0.6) is 0 Å². The minimum absolute atomic E-state index is 0.0561. The zero-order valence-corrected chi connectivity index (χ0v) is 10.9. The fourth-order valence-electron chi connectivity index (χ4n) is 2.39. The summed E-state index contributed by atoms with van der Waals surface area (Å²) >= 11 is 1.58. The number of piperidine rings is 1. The molecule has 0 aliphatic carbocycles. The quantitative estimate of drug-likeness (QED) is 0.743. The Labute approximate surface area is 100 Å². The lowest BCUT2D eigenvalue weighted by molar-refractivity contribution is 0.101. The lowest BCUT2D eigenvalue weighted by Gasteiger charge is -2.34. The van der Waals surface area contributed by atoms with Crippen molar-refractivity contribution < 1.29 is 4.79 Å². The van der Waals surface area contributed by atoms with E-state index in [-0.39, 0.29) is 5.78 Å². The first-order valence-electron chi connectivity index (χ1n) is 5.77. The lowest BCUT2D eigenvalue weighted by atomic mass is 9.92. The second kappa shape index (κ2) is 4.53. The molecular weight excluding hydrogens is 220 g/mol. The van der Waals surface area contributed by atoms with Crippen LogP contribution in [0.25, 0.3) is 0 Å². The summed E-state index contributed by atoms with van der Waals surface area (Å²) in [4.78, 5) is 17.9. The van der Waals surface area contributed by atoms with E-state index in [1.165, 1.54) is 6.42 Å². The Morgan fingerprint density at radius 3 is 2.56 bits per heavy atom. The van der Waals surface area contributed by atoms with E-state index in [4.69, 9.17) is 0 Å². The SMILES string of the molecule is CC(=O)c1csc(N2CC(C)CC(C)C2)n1. The van der Waals surface area contributed by atoms with Gasteiger partial charge in [0, 0.05) is 25.4 Å². The summed E-state index contributed by atoms with van der Waals surface area (Å²) in [7, 11) is 0. The van der Waals surface area contributed by atoms with Crippen LogP contribution in [0.4, 0.5) is 5.13 Å². The largest absolute Gasteiger partial charge is 0.348 e. The minimum atomic E-state index is 0.0561. The van der Waals surface area contributed by atoms with Gasteiger partial charge in [-0.1, -0.05) is 13.8 Å². The maximum absolute atomic E-state index is 11.2. The van der Waals surface area contributed by atoms with Crippen molar-refractivity contribution in [2.75, 3.05) is 18.0 Å². The van der Waals surface area contributed by atoms with Gasteiger partial charge in [-0.3, -0.25) is 4.79 Å². The third-order valence-electron chi connectivity index (χ3n) is 2.99. The van der Waals surface area contributed by atoms with E-state index in [0.717, 1.165) is 18.2 Å². The molecule has 2 heterocycles. The van der Waals surface area contributed by atoms with E-state index in [2.05, 4.69) is 23.7 Å². The van der Waals surface area contributed by atoms with E-state index in [1.54, 1.807) is 18.3 Å². The molecule has 3 nitrogen and oxygen atoms in total. The highest BCUT2D eigenvalue weighted by Gasteiger charge is 2.24. The first-order valence-corrected chi connectivity index (χ1v) is 6.65. The number of ketones is 1. The molecule has 16 heavy (non-hydrogen) atoms. The van der Waals surface area contributed by atoms with Gasteiger partial charge in [0.1, 0.15) is 5.69 Å². The number of Topliss-reactive ketones (excluding diaryl/α,β-unsaturated/α-hetero) is 1. The van der Waals surface area contributed by atoms with Crippen LogP contribution in [0.15, 0.2) is 5.38 Å². The second-order valence-corrected chi connectivity index (χ2v) is 5.76. The number of thiazole rings is 1. The van der Waals surface area contributed by atoms with E-state index < -0.39 is 0 Å². The summed E-state index contributed by atoms with van der Waals surface area (Å²) in [6, 6.07) is 0. The van der Waals surface area contributed by atoms with Gasteiger partial charge in [0.15, 0.2) is 10.9 Å². The van der Waals surface area contributed by atoms with Gasteiger partial charge in [0.25, 0.3) is 0 Å². The van der Waals surface area contributed by atoms with Crippen molar-refractivity contribution in [3.8, 4) is 0 Å². The summed E-state index contributed by atoms with van der Waals surface area (Å²) in [5, 5.41) is 2.87. The van der Waals surface area contributed by atoms with Gasteiger partial charge < -0.3 is 4.90 Å². The summed E-state index contributed by atoms with van der Waals surface area (Å²) < 4.78 is 0. The molecule has 88 valence electrons. The Hall–Kier alpha value is -0.900. The first kappa shape index (κ1) is 11.6. The molecular formula is C12H18N2OS. The summed E-state index contributed by atoms with van der Waals surface area (Å²) in [5.74, 6) is 1.49. The molecule has 0 saturated carbocycles. The van der Waals surface area contributed by atoms with Crippen LogP contribution in [0.1, 0.15) is 37.7 Å². The molecule has 0 amide bonds. The number of anilines is 1. The third kappa shape index (κ3) is 2.43. The second-order valence-electron chi connectivity index (χ2n) is 4.92. The Morgan fingerprint density at radius 2 is 2.06 bits per heavy atom. The van der Waals surface area contributed by atoms with Gasteiger partial charge in [-0.2, -0.15) is 0 Å². The highest BCUT2D eigenvalue weighted by atomic mass is 32.1. The predicted octanol–water partition coefficient (Wildman–Crippen LogP) is 2.83. The molecule has 2 unspecified atom stereocenters. The highest BCUT2D eigenvalue weighted by molar-refractivity contribution is 7.13. The Kier molecular flexibility index (Phi) is 3.28.